The summed E-state index contributed by atoms with van der Waals surface area (Å²) in [6.45, 7) is 6.31. The number of carbonyl (C=O) groups excluding carboxylic acids is 1. The molecule has 5 rings (SSSR count). The molecule has 37 heavy (non-hydrogen) atoms. The molecular weight excluding hydrogens is 496 g/mol. The number of anilines is 2. The van der Waals surface area contributed by atoms with Gasteiger partial charge in [0.15, 0.2) is 11.5 Å². The van der Waals surface area contributed by atoms with Crippen molar-refractivity contribution in [3.63, 3.8) is 0 Å². The van der Waals surface area contributed by atoms with Gasteiger partial charge in [0.2, 0.25) is 5.95 Å². The molecule has 0 atom stereocenters. The third-order valence-corrected chi connectivity index (χ3v) is 6.61. The van der Waals surface area contributed by atoms with Crippen molar-refractivity contribution in [3.8, 4) is 11.5 Å². The number of hydrogen-bond acceptors (Lipinski definition) is 7. The van der Waals surface area contributed by atoms with Crippen LogP contribution in [0.4, 0.5) is 11.6 Å². The molecule has 2 aliphatic rings. The van der Waals surface area contributed by atoms with Crippen LogP contribution in [-0.4, -0.2) is 53.9 Å². The van der Waals surface area contributed by atoms with Crippen molar-refractivity contribution in [1.82, 2.24) is 14.6 Å². The number of halogens is 1. The Morgan fingerprint density at radius 3 is 2.57 bits per heavy atom. The highest BCUT2D eigenvalue weighted by Gasteiger charge is 2.30. The summed E-state index contributed by atoms with van der Waals surface area (Å²) < 4.78 is 12.4. The second kappa shape index (κ2) is 10.3. The zero-order valence-electron chi connectivity index (χ0n) is 21.1. The van der Waals surface area contributed by atoms with Gasteiger partial charge in [-0.1, -0.05) is 25.4 Å². The summed E-state index contributed by atoms with van der Waals surface area (Å²) in [5.74, 6) is 1.67. The van der Waals surface area contributed by atoms with Crippen LogP contribution in [0.5, 0.6) is 11.5 Å². The fourth-order valence-corrected chi connectivity index (χ4v) is 4.73. The zero-order chi connectivity index (χ0) is 26.1. The quantitative estimate of drug-likeness (QED) is 0.486. The van der Waals surface area contributed by atoms with Crippen LogP contribution in [0.25, 0.3) is 0 Å². The Balaban J connectivity index is 1.48. The lowest BCUT2D eigenvalue weighted by atomic mass is 10.1. The lowest BCUT2D eigenvalue weighted by molar-refractivity contribution is 0.0727. The number of hydrogen-bond donors (Lipinski definition) is 0. The second-order valence-corrected chi connectivity index (χ2v) is 9.87. The number of amides is 1. The Kier molecular flexibility index (Phi) is 6.97. The van der Waals surface area contributed by atoms with E-state index in [1.807, 2.05) is 17.0 Å². The molecule has 0 aliphatic carbocycles. The average Bonchev–Trinajstić information content (AvgIpc) is 2.91. The van der Waals surface area contributed by atoms with Crippen molar-refractivity contribution >= 4 is 29.1 Å². The molecule has 0 radical (unpaired) electrons. The van der Waals surface area contributed by atoms with E-state index in [0.29, 0.717) is 72.0 Å². The summed E-state index contributed by atoms with van der Waals surface area (Å²) in [7, 11) is 1.44. The highest BCUT2D eigenvalue weighted by molar-refractivity contribution is 6.30. The molecule has 0 saturated carbocycles. The molecule has 3 aromatic rings. The van der Waals surface area contributed by atoms with Crippen LogP contribution in [0.2, 0.25) is 5.02 Å². The largest absolute Gasteiger partial charge is 0.486 e. The van der Waals surface area contributed by atoms with Crippen molar-refractivity contribution in [2.24, 2.45) is 5.92 Å². The van der Waals surface area contributed by atoms with Crippen molar-refractivity contribution in [1.29, 1.82) is 0 Å². The summed E-state index contributed by atoms with van der Waals surface area (Å²) in [5, 5.41) is 0.624. The van der Waals surface area contributed by atoms with Crippen LogP contribution in [-0.2, 0) is 13.0 Å². The van der Waals surface area contributed by atoms with Gasteiger partial charge in [-0.15, -0.1) is 4.73 Å². The molecule has 0 spiro atoms. The van der Waals surface area contributed by atoms with Gasteiger partial charge >= 0.3 is 0 Å². The number of carbonyl (C=O) groups is 1. The second-order valence-electron chi connectivity index (χ2n) is 9.44. The average molecular weight is 525 g/mol. The van der Waals surface area contributed by atoms with E-state index < -0.39 is 0 Å². The molecule has 9 nitrogen and oxygen atoms in total. The molecule has 10 heteroatoms. The molecule has 3 heterocycles. The molecule has 2 aromatic carbocycles. The SMILES string of the molecule is COn1c(N(CC(C)C)c2ccc(Cl)cc2)nc2c(c1=O)CN(C(=O)c1ccc3c(c1)OCCO3)CC2. The normalized spacial score (nSPS) is 14.4. The number of fused-ring (bicyclic) bond motifs is 2. The molecule has 1 aromatic heterocycles. The maximum Gasteiger partial charge on any atom is 0.293 e. The van der Waals surface area contributed by atoms with Gasteiger partial charge in [0.25, 0.3) is 11.5 Å². The zero-order valence-corrected chi connectivity index (χ0v) is 21.8. The lowest BCUT2D eigenvalue weighted by Crippen LogP contribution is -2.43. The highest BCUT2D eigenvalue weighted by Crippen LogP contribution is 2.32. The standard InChI is InChI=1S/C27H29ClN4O5/c1-17(2)15-31(20-7-5-19(28)6-8-20)27-29-22-10-11-30(16-21(22)26(34)32(27)35-3)25(33)18-4-9-23-24(14-18)37-13-12-36-23/h4-9,14,17H,10-13,15-16H2,1-3H3. The van der Waals surface area contributed by atoms with Crippen LogP contribution in [0, 0.1) is 5.92 Å². The van der Waals surface area contributed by atoms with Gasteiger partial charge in [0.05, 0.1) is 17.8 Å². The third-order valence-electron chi connectivity index (χ3n) is 6.36. The monoisotopic (exact) mass is 524 g/mol. The van der Waals surface area contributed by atoms with E-state index in [2.05, 4.69) is 13.8 Å². The third kappa shape index (κ3) is 4.96. The molecule has 1 amide bonds. The minimum absolute atomic E-state index is 0.142. The number of ether oxygens (including phenoxy) is 2. The van der Waals surface area contributed by atoms with Crippen molar-refractivity contribution in [2.75, 3.05) is 38.3 Å². The Hall–Kier alpha value is -3.72. The molecule has 2 aliphatic heterocycles. The molecule has 0 bridgehead atoms. The van der Waals surface area contributed by atoms with Crippen LogP contribution in [0.3, 0.4) is 0 Å². The number of aromatic nitrogens is 2. The Bertz CT molecular complexity index is 1370. The summed E-state index contributed by atoms with van der Waals surface area (Å²) >= 11 is 6.11. The number of nitrogens with zero attached hydrogens (tertiary/aromatic N) is 4. The smallest absolute Gasteiger partial charge is 0.293 e. The van der Waals surface area contributed by atoms with Gasteiger partial charge in [-0.3, -0.25) is 9.59 Å². The molecule has 0 saturated heterocycles. The lowest BCUT2D eigenvalue weighted by Gasteiger charge is -2.32. The summed E-state index contributed by atoms with van der Waals surface area (Å²) in [4.78, 5) is 41.0. The van der Waals surface area contributed by atoms with Crippen LogP contribution in [0.1, 0.15) is 35.5 Å². The van der Waals surface area contributed by atoms with Gasteiger partial charge in [0.1, 0.15) is 20.3 Å². The molecule has 0 N–H and O–H groups in total. The van der Waals surface area contributed by atoms with E-state index in [1.165, 1.54) is 11.8 Å². The van der Waals surface area contributed by atoms with Gasteiger partial charge in [0, 0.05) is 35.8 Å². The Morgan fingerprint density at radius 1 is 1.14 bits per heavy atom. The highest BCUT2D eigenvalue weighted by atomic mass is 35.5. The van der Waals surface area contributed by atoms with Gasteiger partial charge in [-0.2, -0.15) is 0 Å². The minimum atomic E-state index is -0.329. The molecule has 0 unspecified atom stereocenters. The van der Waals surface area contributed by atoms with Gasteiger partial charge in [-0.25, -0.2) is 4.98 Å². The number of rotatable bonds is 6. The first-order chi connectivity index (χ1) is 17.9. The maximum absolute atomic E-state index is 13.6. The van der Waals surface area contributed by atoms with Crippen molar-refractivity contribution in [2.45, 2.75) is 26.8 Å². The number of benzene rings is 2. The van der Waals surface area contributed by atoms with Crippen LogP contribution < -0.4 is 24.8 Å². The van der Waals surface area contributed by atoms with E-state index in [4.69, 9.17) is 30.9 Å². The summed E-state index contributed by atoms with van der Waals surface area (Å²) in [5.41, 5.74) is 2.12. The molecule has 194 valence electrons. The first-order valence-electron chi connectivity index (χ1n) is 12.3. The van der Waals surface area contributed by atoms with Crippen LogP contribution >= 0.6 is 11.6 Å². The Labute approximate surface area is 220 Å². The van der Waals surface area contributed by atoms with Crippen molar-refractivity contribution < 1.29 is 19.1 Å². The van der Waals surface area contributed by atoms with Gasteiger partial charge in [-0.05, 0) is 48.4 Å². The summed E-state index contributed by atoms with van der Waals surface area (Å²) in [6.07, 6.45) is 0.453. The first-order valence-corrected chi connectivity index (χ1v) is 12.6. The fraction of sp³-hybridized carbons (Fsp3) is 0.370. The summed E-state index contributed by atoms with van der Waals surface area (Å²) in [6, 6.07) is 12.5. The Morgan fingerprint density at radius 2 is 1.86 bits per heavy atom. The van der Waals surface area contributed by atoms with E-state index >= 15 is 0 Å². The van der Waals surface area contributed by atoms with E-state index in [9.17, 15) is 9.59 Å². The predicted octanol–water partition coefficient (Wildman–Crippen LogP) is 3.72. The van der Waals surface area contributed by atoms with E-state index in [-0.39, 0.29) is 23.9 Å². The first kappa shape index (κ1) is 25.0. The van der Waals surface area contributed by atoms with Gasteiger partial charge < -0.3 is 24.1 Å². The molecule has 0 fully saturated rings. The van der Waals surface area contributed by atoms with Crippen molar-refractivity contribution in [3.05, 3.63) is 74.7 Å². The van der Waals surface area contributed by atoms with Crippen LogP contribution in [0.15, 0.2) is 47.3 Å². The topological polar surface area (TPSA) is 86.1 Å². The fourth-order valence-electron chi connectivity index (χ4n) is 4.60. The molecular formula is C27H29ClN4O5. The predicted molar refractivity (Wildman–Crippen MR) is 140 cm³/mol. The maximum atomic E-state index is 13.6. The minimum Gasteiger partial charge on any atom is -0.486 e. The van der Waals surface area contributed by atoms with E-state index in [0.717, 1.165) is 5.69 Å². The van der Waals surface area contributed by atoms with E-state index in [1.54, 1.807) is 35.2 Å².